The van der Waals surface area contributed by atoms with E-state index in [1.165, 1.54) is 6.20 Å². The van der Waals surface area contributed by atoms with E-state index in [-0.39, 0.29) is 12.5 Å². The molecular formula is C17H21N3O5. The van der Waals surface area contributed by atoms with E-state index in [9.17, 15) is 15.0 Å². The Morgan fingerprint density at radius 3 is 3.04 bits per heavy atom. The lowest BCUT2D eigenvalue weighted by Gasteiger charge is -2.34. The van der Waals surface area contributed by atoms with Crippen LogP contribution in [-0.4, -0.2) is 64.5 Å². The van der Waals surface area contributed by atoms with Gasteiger partial charge in [-0.05, 0) is 18.6 Å². The van der Waals surface area contributed by atoms with E-state index in [0.29, 0.717) is 24.3 Å². The summed E-state index contributed by atoms with van der Waals surface area (Å²) >= 11 is 0. The normalized spacial score (nSPS) is 23.2. The van der Waals surface area contributed by atoms with Gasteiger partial charge in [-0.2, -0.15) is 5.10 Å². The second-order valence-electron chi connectivity index (χ2n) is 5.80. The van der Waals surface area contributed by atoms with Crippen molar-refractivity contribution < 1.29 is 24.5 Å². The summed E-state index contributed by atoms with van der Waals surface area (Å²) in [5, 5.41) is 26.3. The highest BCUT2D eigenvalue weighted by Gasteiger charge is 2.33. The molecule has 2 aromatic rings. The Bertz CT molecular complexity index is 733. The number of nitrogens with one attached hydrogen (secondary N) is 1. The summed E-state index contributed by atoms with van der Waals surface area (Å²) in [5.41, 5.74) is 1.08. The molecular weight excluding hydrogens is 326 g/mol. The van der Waals surface area contributed by atoms with E-state index in [0.717, 1.165) is 5.69 Å². The molecule has 0 bridgehead atoms. The first-order valence-electron chi connectivity index (χ1n) is 8.03. The molecule has 0 aliphatic carbocycles. The smallest absolute Gasteiger partial charge is 0.254 e. The van der Waals surface area contributed by atoms with Gasteiger partial charge in [-0.25, -0.2) is 4.68 Å². The lowest BCUT2D eigenvalue weighted by atomic mass is 10.00. The van der Waals surface area contributed by atoms with E-state index in [2.05, 4.69) is 10.4 Å². The van der Waals surface area contributed by atoms with Crippen molar-refractivity contribution in [2.24, 2.45) is 0 Å². The SMILES string of the molecule is COc1ccccc1-n1cc(C(=O)N[C@H]2CCO[C@H](CO)[C@H]2O)cn1. The van der Waals surface area contributed by atoms with Crippen LogP contribution < -0.4 is 10.1 Å². The maximum absolute atomic E-state index is 12.4. The molecule has 25 heavy (non-hydrogen) atoms. The fraction of sp³-hybridized carbons (Fsp3) is 0.412. The van der Waals surface area contributed by atoms with Crippen molar-refractivity contribution in [2.45, 2.75) is 24.7 Å². The molecule has 1 aliphatic heterocycles. The molecule has 0 spiro atoms. The van der Waals surface area contributed by atoms with Crippen molar-refractivity contribution in [3.8, 4) is 11.4 Å². The molecule has 8 heteroatoms. The molecule has 3 N–H and O–H groups in total. The topological polar surface area (TPSA) is 106 Å². The minimum Gasteiger partial charge on any atom is -0.494 e. The minimum absolute atomic E-state index is 0.292. The lowest BCUT2D eigenvalue weighted by Crippen LogP contribution is -2.54. The first-order valence-corrected chi connectivity index (χ1v) is 8.03. The lowest BCUT2D eigenvalue weighted by molar-refractivity contribution is -0.107. The highest BCUT2D eigenvalue weighted by Crippen LogP contribution is 2.22. The largest absolute Gasteiger partial charge is 0.494 e. The zero-order chi connectivity index (χ0) is 17.8. The number of nitrogens with zero attached hydrogens (tertiary/aromatic N) is 2. The van der Waals surface area contributed by atoms with Crippen LogP contribution in [0.25, 0.3) is 5.69 Å². The molecule has 3 rings (SSSR count). The Kier molecular flexibility index (Phi) is 5.32. The highest BCUT2D eigenvalue weighted by atomic mass is 16.5. The number of amides is 1. The average molecular weight is 347 g/mol. The average Bonchev–Trinajstić information content (AvgIpc) is 3.13. The molecule has 1 aromatic carbocycles. The number of hydrogen-bond acceptors (Lipinski definition) is 6. The van der Waals surface area contributed by atoms with Gasteiger partial charge in [-0.1, -0.05) is 12.1 Å². The molecule has 0 radical (unpaired) electrons. The van der Waals surface area contributed by atoms with E-state index < -0.39 is 18.2 Å². The first-order chi connectivity index (χ1) is 12.1. The summed E-state index contributed by atoms with van der Waals surface area (Å²) in [6.07, 6.45) is 1.89. The third-order valence-electron chi connectivity index (χ3n) is 4.23. The number of para-hydroxylation sites is 2. The van der Waals surface area contributed by atoms with Crippen LogP contribution >= 0.6 is 0 Å². The van der Waals surface area contributed by atoms with E-state index in [4.69, 9.17) is 9.47 Å². The summed E-state index contributed by atoms with van der Waals surface area (Å²) in [7, 11) is 1.57. The van der Waals surface area contributed by atoms with Crippen molar-refractivity contribution in [1.82, 2.24) is 15.1 Å². The van der Waals surface area contributed by atoms with E-state index in [1.807, 2.05) is 24.3 Å². The van der Waals surface area contributed by atoms with Crippen LogP contribution in [0.3, 0.4) is 0 Å². The number of carbonyl (C=O) groups excluding carboxylic acids is 1. The monoisotopic (exact) mass is 347 g/mol. The molecule has 1 amide bonds. The molecule has 1 aromatic heterocycles. The fourth-order valence-corrected chi connectivity index (χ4v) is 2.84. The molecule has 3 atom stereocenters. The van der Waals surface area contributed by atoms with Gasteiger partial charge in [0.1, 0.15) is 23.6 Å². The van der Waals surface area contributed by atoms with Crippen LogP contribution in [0.4, 0.5) is 0 Å². The predicted molar refractivity (Wildman–Crippen MR) is 88.8 cm³/mol. The summed E-state index contributed by atoms with van der Waals surface area (Å²) in [6, 6.07) is 6.87. The maximum Gasteiger partial charge on any atom is 0.254 e. The second kappa shape index (κ2) is 7.64. The Hall–Kier alpha value is -2.42. The van der Waals surface area contributed by atoms with Gasteiger partial charge in [0.25, 0.3) is 5.91 Å². The minimum atomic E-state index is -0.952. The number of aliphatic hydroxyl groups excluding tert-OH is 2. The molecule has 8 nitrogen and oxygen atoms in total. The number of aromatic nitrogens is 2. The van der Waals surface area contributed by atoms with Crippen LogP contribution in [0.2, 0.25) is 0 Å². The van der Waals surface area contributed by atoms with Crippen molar-refractivity contribution in [3.63, 3.8) is 0 Å². The van der Waals surface area contributed by atoms with Gasteiger partial charge in [0.05, 0.1) is 31.5 Å². The second-order valence-corrected chi connectivity index (χ2v) is 5.80. The van der Waals surface area contributed by atoms with E-state index >= 15 is 0 Å². The molecule has 0 unspecified atom stereocenters. The van der Waals surface area contributed by atoms with Gasteiger partial charge in [0, 0.05) is 12.8 Å². The van der Waals surface area contributed by atoms with Crippen molar-refractivity contribution in [1.29, 1.82) is 0 Å². The molecule has 134 valence electrons. The molecule has 1 fully saturated rings. The summed E-state index contributed by atoms with van der Waals surface area (Å²) in [4.78, 5) is 12.4. The third kappa shape index (κ3) is 3.65. The fourth-order valence-electron chi connectivity index (χ4n) is 2.84. The number of carbonyl (C=O) groups is 1. The van der Waals surface area contributed by atoms with Gasteiger partial charge in [-0.15, -0.1) is 0 Å². The van der Waals surface area contributed by atoms with Gasteiger partial charge >= 0.3 is 0 Å². The Morgan fingerprint density at radius 2 is 2.28 bits per heavy atom. The van der Waals surface area contributed by atoms with Crippen LogP contribution in [0.1, 0.15) is 16.8 Å². The summed E-state index contributed by atoms with van der Waals surface area (Å²) in [5.74, 6) is 0.298. The maximum atomic E-state index is 12.4. The Labute approximate surface area is 145 Å². The van der Waals surface area contributed by atoms with Crippen molar-refractivity contribution >= 4 is 5.91 Å². The molecule has 1 saturated heterocycles. The van der Waals surface area contributed by atoms with Crippen LogP contribution in [0.5, 0.6) is 5.75 Å². The quantitative estimate of drug-likeness (QED) is 0.709. The summed E-state index contributed by atoms with van der Waals surface area (Å²) < 4.78 is 12.1. The first kappa shape index (κ1) is 17.4. The Morgan fingerprint density at radius 1 is 1.48 bits per heavy atom. The van der Waals surface area contributed by atoms with Gasteiger partial charge in [0.15, 0.2) is 0 Å². The van der Waals surface area contributed by atoms with Crippen LogP contribution in [-0.2, 0) is 4.74 Å². The van der Waals surface area contributed by atoms with Crippen LogP contribution in [0, 0.1) is 0 Å². The van der Waals surface area contributed by atoms with E-state index in [1.54, 1.807) is 18.0 Å². The molecule has 0 saturated carbocycles. The number of hydrogen-bond donors (Lipinski definition) is 3. The molecule has 1 aliphatic rings. The number of rotatable bonds is 5. The zero-order valence-corrected chi connectivity index (χ0v) is 13.8. The zero-order valence-electron chi connectivity index (χ0n) is 13.8. The number of aliphatic hydroxyl groups is 2. The van der Waals surface area contributed by atoms with Gasteiger partial charge in [0.2, 0.25) is 0 Å². The number of benzene rings is 1. The van der Waals surface area contributed by atoms with Crippen molar-refractivity contribution in [3.05, 3.63) is 42.2 Å². The third-order valence-corrected chi connectivity index (χ3v) is 4.23. The standard InChI is InChI=1S/C17H21N3O5/c1-24-14-5-3-2-4-13(14)20-9-11(8-18-20)17(23)19-12-6-7-25-15(10-21)16(12)22/h2-5,8-9,12,15-16,21-22H,6-7,10H2,1H3,(H,19,23)/t12-,15+,16-/m0/s1. The van der Waals surface area contributed by atoms with Gasteiger partial charge in [-0.3, -0.25) is 4.79 Å². The predicted octanol–water partition coefficient (Wildman–Crippen LogP) is 0.121. The van der Waals surface area contributed by atoms with Crippen molar-refractivity contribution in [2.75, 3.05) is 20.3 Å². The number of ether oxygens (including phenoxy) is 2. The number of methoxy groups -OCH3 is 1. The Balaban J connectivity index is 1.73. The molecule has 2 heterocycles. The highest BCUT2D eigenvalue weighted by molar-refractivity contribution is 5.94. The summed E-state index contributed by atoms with van der Waals surface area (Å²) in [6.45, 7) is 0.0764. The van der Waals surface area contributed by atoms with Gasteiger partial charge < -0.3 is 25.0 Å². The van der Waals surface area contributed by atoms with Crippen LogP contribution in [0.15, 0.2) is 36.7 Å².